The van der Waals surface area contributed by atoms with Crippen LogP contribution in [0.1, 0.15) is 30.2 Å². The summed E-state index contributed by atoms with van der Waals surface area (Å²) in [5, 5.41) is 15.8. The molecule has 1 heterocycles. The van der Waals surface area contributed by atoms with E-state index in [4.69, 9.17) is 0 Å². The number of aliphatic hydroxyl groups excluding tert-OH is 1. The van der Waals surface area contributed by atoms with Gasteiger partial charge in [0.1, 0.15) is 5.01 Å². The van der Waals surface area contributed by atoms with Crippen LogP contribution in [0, 0.1) is 12.8 Å². The summed E-state index contributed by atoms with van der Waals surface area (Å²) in [6.07, 6.45) is 1.98. The Hall–Kier alpha value is -1.14. The second kappa shape index (κ2) is 7.33. The van der Waals surface area contributed by atoms with E-state index in [0.29, 0.717) is 18.9 Å². The smallest absolute Gasteiger partial charge is 0.315 e. The highest BCUT2D eigenvalue weighted by atomic mass is 32.1. The lowest BCUT2D eigenvalue weighted by molar-refractivity contribution is 0.147. The Morgan fingerprint density at radius 2 is 2.22 bits per heavy atom. The van der Waals surface area contributed by atoms with Gasteiger partial charge in [-0.05, 0) is 19.3 Å². The van der Waals surface area contributed by atoms with Gasteiger partial charge in [-0.3, -0.25) is 0 Å². The van der Waals surface area contributed by atoms with E-state index in [9.17, 15) is 9.90 Å². The first-order valence-electron chi connectivity index (χ1n) is 6.08. The van der Waals surface area contributed by atoms with Crippen molar-refractivity contribution in [2.75, 3.05) is 6.54 Å². The highest BCUT2D eigenvalue weighted by molar-refractivity contribution is 7.11. The van der Waals surface area contributed by atoms with Crippen LogP contribution in [0.15, 0.2) is 6.20 Å². The van der Waals surface area contributed by atoms with Crippen molar-refractivity contribution in [1.82, 2.24) is 15.6 Å². The lowest BCUT2D eigenvalue weighted by Crippen LogP contribution is -2.39. The standard InChI is InChI=1S/C12H21N3O2S/c1-8(2)4-10(16)6-14-12(17)15-7-11-13-5-9(3)18-11/h5,8,10,16H,4,6-7H2,1-3H3,(H2,14,15,17). The van der Waals surface area contributed by atoms with Crippen molar-refractivity contribution in [2.24, 2.45) is 5.92 Å². The molecule has 1 rings (SSSR count). The molecule has 2 amide bonds. The zero-order valence-electron chi connectivity index (χ0n) is 11.1. The number of aryl methyl sites for hydroxylation is 1. The molecule has 0 saturated heterocycles. The van der Waals surface area contributed by atoms with E-state index in [2.05, 4.69) is 15.6 Å². The number of hydrogen-bond donors (Lipinski definition) is 3. The van der Waals surface area contributed by atoms with Gasteiger partial charge < -0.3 is 15.7 Å². The van der Waals surface area contributed by atoms with Crippen LogP contribution in [0.25, 0.3) is 0 Å². The third-order valence-electron chi connectivity index (χ3n) is 2.31. The number of nitrogens with one attached hydrogen (secondary N) is 2. The molecule has 3 N–H and O–H groups in total. The Morgan fingerprint density at radius 3 is 2.78 bits per heavy atom. The Kier molecular flexibility index (Phi) is 6.07. The van der Waals surface area contributed by atoms with Gasteiger partial charge in [0, 0.05) is 17.6 Å². The predicted octanol–water partition coefficient (Wildman–Crippen LogP) is 1.66. The molecular formula is C12H21N3O2S. The fraction of sp³-hybridized carbons (Fsp3) is 0.667. The molecule has 5 nitrogen and oxygen atoms in total. The predicted molar refractivity (Wildman–Crippen MR) is 72.6 cm³/mol. The molecule has 1 aromatic rings. The van der Waals surface area contributed by atoms with Crippen LogP contribution >= 0.6 is 11.3 Å². The molecule has 1 aromatic heterocycles. The molecule has 0 radical (unpaired) electrons. The molecule has 0 aliphatic heterocycles. The van der Waals surface area contributed by atoms with Crippen molar-refractivity contribution < 1.29 is 9.90 Å². The molecule has 102 valence electrons. The summed E-state index contributed by atoms with van der Waals surface area (Å²) >= 11 is 1.56. The third-order valence-corrected chi connectivity index (χ3v) is 3.22. The second-order valence-electron chi connectivity index (χ2n) is 4.71. The van der Waals surface area contributed by atoms with E-state index >= 15 is 0 Å². The number of thiazole rings is 1. The molecule has 6 heteroatoms. The molecule has 0 aliphatic rings. The Labute approximate surface area is 112 Å². The van der Waals surface area contributed by atoms with Crippen LogP contribution in [0.2, 0.25) is 0 Å². The van der Waals surface area contributed by atoms with Gasteiger partial charge in [-0.15, -0.1) is 11.3 Å². The number of rotatable bonds is 6. The van der Waals surface area contributed by atoms with Crippen LogP contribution in [0.3, 0.4) is 0 Å². The summed E-state index contributed by atoms with van der Waals surface area (Å²) in [6.45, 7) is 6.75. The molecule has 1 atom stereocenters. The van der Waals surface area contributed by atoms with Crippen LogP contribution in [0.5, 0.6) is 0 Å². The fourth-order valence-electron chi connectivity index (χ4n) is 1.54. The van der Waals surface area contributed by atoms with Crippen LogP contribution in [-0.2, 0) is 6.54 Å². The number of nitrogens with zero attached hydrogens (tertiary/aromatic N) is 1. The highest BCUT2D eigenvalue weighted by Crippen LogP contribution is 2.10. The summed E-state index contributed by atoms with van der Waals surface area (Å²) in [7, 11) is 0. The first-order chi connectivity index (χ1) is 8.47. The zero-order valence-corrected chi connectivity index (χ0v) is 11.9. The molecule has 0 aliphatic carbocycles. The minimum absolute atomic E-state index is 0.273. The summed E-state index contributed by atoms with van der Waals surface area (Å²) < 4.78 is 0. The summed E-state index contributed by atoms with van der Waals surface area (Å²) in [5.41, 5.74) is 0. The molecule has 1 unspecified atom stereocenters. The molecular weight excluding hydrogens is 250 g/mol. The molecule has 0 fully saturated rings. The Morgan fingerprint density at radius 1 is 1.50 bits per heavy atom. The minimum atomic E-state index is -0.488. The largest absolute Gasteiger partial charge is 0.391 e. The molecule has 0 bridgehead atoms. The number of hydrogen-bond acceptors (Lipinski definition) is 4. The third kappa shape index (κ3) is 5.97. The van der Waals surface area contributed by atoms with E-state index in [-0.39, 0.29) is 12.6 Å². The summed E-state index contributed by atoms with van der Waals surface area (Å²) in [6, 6.07) is -0.273. The quantitative estimate of drug-likeness (QED) is 0.736. The van der Waals surface area contributed by atoms with Crippen molar-refractivity contribution in [3.8, 4) is 0 Å². The molecule has 0 saturated carbocycles. The van der Waals surface area contributed by atoms with Gasteiger partial charge in [-0.1, -0.05) is 13.8 Å². The average Bonchev–Trinajstić information content (AvgIpc) is 2.69. The van der Waals surface area contributed by atoms with Gasteiger partial charge in [-0.25, -0.2) is 9.78 Å². The first-order valence-corrected chi connectivity index (χ1v) is 6.90. The Balaban J connectivity index is 2.18. The van der Waals surface area contributed by atoms with Crippen molar-refractivity contribution >= 4 is 17.4 Å². The van der Waals surface area contributed by atoms with Crippen LogP contribution < -0.4 is 10.6 Å². The van der Waals surface area contributed by atoms with Crippen molar-refractivity contribution in [1.29, 1.82) is 0 Å². The van der Waals surface area contributed by atoms with Gasteiger partial charge in [-0.2, -0.15) is 0 Å². The maximum absolute atomic E-state index is 11.5. The van der Waals surface area contributed by atoms with E-state index in [1.54, 1.807) is 17.5 Å². The molecule has 0 aromatic carbocycles. The van der Waals surface area contributed by atoms with Gasteiger partial charge in [0.2, 0.25) is 0 Å². The zero-order chi connectivity index (χ0) is 13.5. The lowest BCUT2D eigenvalue weighted by Gasteiger charge is -2.14. The van der Waals surface area contributed by atoms with Gasteiger partial charge in [0.15, 0.2) is 0 Å². The average molecular weight is 271 g/mol. The highest BCUT2D eigenvalue weighted by Gasteiger charge is 2.09. The first kappa shape index (κ1) is 14.9. The number of amides is 2. The van der Waals surface area contributed by atoms with Crippen molar-refractivity contribution in [3.63, 3.8) is 0 Å². The number of carbonyl (C=O) groups is 1. The van der Waals surface area contributed by atoms with Crippen molar-refractivity contribution in [2.45, 2.75) is 39.8 Å². The van der Waals surface area contributed by atoms with Crippen LogP contribution in [-0.4, -0.2) is 28.8 Å². The number of carbonyl (C=O) groups excluding carboxylic acids is 1. The normalized spacial score (nSPS) is 12.5. The monoisotopic (exact) mass is 271 g/mol. The SMILES string of the molecule is Cc1cnc(CNC(=O)NCC(O)CC(C)C)s1. The lowest BCUT2D eigenvalue weighted by atomic mass is 10.1. The topological polar surface area (TPSA) is 74.2 Å². The maximum atomic E-state index is 11.5. The maximum Gasteiger partial charge on any atom is 0.315 e. The number of aliphatic hydroxyl groups is 1. The minimum Gasteiger partial charge on any atom is -0.391 e. The summed E-state index contributed by atoms with van der Waals surface area (Å²) in [5.74, 6) is 0.420. The van der Waals surface area contributed by atoms with E-state index in [1.807, 2.05) is 20.8 Å². The molecule has 0 spiro atoms. The number of aromatic nitrogens is 1. The van der Waals surface area contributed by atoms with E-state index in [0.717, 1.165) is 9.88 Å². The van der Waals surface area contributed by atoms with Gasteiger partial charge >= 0.3 is 6.03 Å². The van der Waals surface area contributed by atoms with Crippen LogP contribution in [0.4, 0.5) is 4.79 Å². The summed E-state index contributed by atoms with van der Waals surface area (Å²) in [4.78, 5) is 16.7. The molecule has 18 heavy (non-hydrogen) atoms. The number of urea groups is 1. The van der Waals surface area contributed by atoms with Gasteiger partial charge in [0.05, 0.1) is 12.6 Å². The fourth-order valence-corrected chi connectivity index (χ4v) is 2.27. The second-order valence-corrected chi connectivity index (χ2v) is 6.03. The van der Waals surface area contributed by atoms with E-state index in [1.165, 1.54) is 0 Å². The van der Waals surface area contributed by atoms with Gasteiger partial charge in [0.25, 0.3) is 0 Å². The van der Waals surface area contributed by atoms with E-state index < -0.39 is 6.10 Å². The Bertz CT molecular complexity index is 379. The van der Waals surface area contributed by atoms with Crippen molar-refractivity contribution in [3.05, 3.63) is 16.1 Å².